The van der Waals surface area contributed by atoms with Gasteiger partial charge in [-0.2, -0.15) is 0 Å². The van der Waals surface area contributed by atoms with Crippen molar-refractivity contribution in [1.82, 2.24) is 10.3 Å². The number of aromatic nitrogens is 1. The number of hydrogen-bond acceptors (Lipinski definition) is 5. The molecular formula is C12H18N2O3S. The number of nitrogens with one attached hydrogen (secondary N) is 1. The number of rotatable bonds is 6. The van der Waals surface area contributed by atoms with Gasteiger partial charge < -0.3 is 15.5 Å². The molecule has 1 saturated carbocycles. The van der Waals surface area contributed by atoms with E-state index in [0.29, 0.717) is 6.54 Å². The summed E-state index contributed by atoms with van der Waals surface area (Å²) in [7, 11) is 0. The molecule has 5 nitrogen and oxygen atoms in total. The molecule has 0 atom stereocenters. The van der Waals surface area contributed by atoms with E-state index in [9.17, 15) is 9.90 Å². The Morgan fingerprint density at radius 1 is 1.50 bits per heavy atom. The fourth-order valence-corrected chi connectivity index (χ4v) is 3.11. The number of aliphatic hydroxyl groups excluding tert-OH is 1. The number of carboxylic acid groups (broad SMARTS) is 1. The van der Waals surface area contributed by atoms with Crippen LogP contribution < -0.4 is 5.32 Å². The fourth-order valence-electron chi connectivity index (χ4n) is 2.46. The smallest absolute Gasteiger partial charge is 0.365 e. The lowest BCUT2D eigenvalue weighted by Crippen LogP contribution is -2.34. The maximum absolute atomic E-state index is 10.7. The second-order valence-corrected chi connectivity index (χ2v) is 5.78. The SMILES string of the molecule is O=C(O)c1nc(CNCC2(CO)CCCC2)cs1. The molecular weight excluding hydrogens is 252 g/mol. The molecule has 0 saturated heterocycles. The summed E-state index contributed by atoms with van der Waals surface area (Å²) in [4.78, 5) is 14.7. The topological polar surface area (TPSA) is 82.5 Å². The minimum absolute atomic E-state index is 0.0195. The molecule has 1 aromatic rings. The molecule has 2 rings (SSSR count). The van der Waals surface area contributed by atoms with E-state index in [1.807, 2.05) is 0 Å². The Hall–Kier alpha value is -0.980. The van der Waals surface area contributed by atoms with Crippen molar-refractivity contribution in [2.45, 2.75) is 32.2 Å². The standard InChI is InChI=1S/C12H18N2O3S/c15-8-12(3-1-2-4-12)7-13-5-9-6-18-10(14-9)11(16)17/h6,13,15H,1-5,7-8H2,(H,16,17). The van der Waals surface area contributed by atoms with Gasteiger partial charge in [0.2, 0.25) is 5.01 Å². The van der Waals surface area contributed by atoms with Gasteiger partial charge in [0.25, 0.3) is 0 Å². The highest BCUT2D eigenvalue weighted by Crippen LogP contribution is 2.36. The van der Waals surface area contributed by atoms with Crippen LogP contribution in [-0.2, 0) is 6.54 Å². The normalized spacial score (nSPS) is 18.1. The number of nitrogens with zero attached hydrogens (tertiary/aromatic N) is 1. The van der Waals surface area contributed by atoms with Gasteiger partial charge in [0.15, 0.2) is 0 Å². The van der Waals surface area contributed by atoms with Crippen LogP contribution in [0.3, 0.4) is 0 Å². The summed E-state index contributed by atoms with van der Waals surface area (Å²) in [6.45, 7) is 1.55. The first kappa shape index (κ1) is 13.5. The Bertz CT molecular complexity index is 413. The van der Waals surface area contributed by atoms with E-state index in [2.05, 4.69) is 10.3 Å². The largest absolute Gasteiger partial charge is 0.476 e. The monoisotopic (exact) mass is 270 g/mol. The number of carbonyl (C=O) groups is 1. The van der Waals surface area contributed by atoms with Gasteiger partial charge in [-0.25, -0.2) is 9.78 Å². The lowest BCUT2D eigenvalue weighted by molar-refractivity contribution is 0.0696. The molecule has 1 aromatic heterocycles. The second kappa shape index (κ2) is 5.77. The molecule has 1 fully saturated rings. The highest BCUT2D eigenvalue weighted by molar-refractivity contribution is 7.11. The van der Waals surface area contributed by atoms with Gasteiger partial charge in [-0.05, 0) is 12.8 Å². The predicted octanol–water partition coefficient (Wildman–Crippen LogP) is 1.48. The van der Waals surface area contributed by atoms with Gasteiger partial charge in [0, 0.05) is 30.5 Å². The van der Waals surface area contributed by atoms with E-state index < -0.39 is 5.97 Å². The number of thiazole rings is 1. The van der Waals surface area contributed by atoms with Crippen LogP contribution >= 0.6 is 11.3 Å². The molecule has 0 radical (unpaired) electrons. The zero-order valence-electron chi connectivity index (χ0n) is 10.2. The summed E-state index contributed by atoms with van der Waals surface area (Å²) in [5.41, 5.74) is 0.773. The van der Waals surface area contributed by atoms with Crippen molar-refractivity contribution in [3.05, 3.63) is 16.1 Å². The van der Waals surface area contributed by atoms with Crippen LogP contribution in [0.2, 0.25) is 0 Å². The molecule has 0 bridgehead atoms. The van der Waals surface area contributed by atoms with Crippen molar-refractivity contribution >= 4 is 17.3 Å². The highest BCUT2D eigenvalue weighted by atomic mass is 32.1. The van der Waals surface area contributed by atoms with E-state index in [1.165, 1.54) is 12.8 Å². The van der Waals surface area contributed by atoms with Crippen molar-refractivity contribution in [1.29, 1.82) is 0 Å². The molecule has 18 heavy (non-hydrogen) atoms. The van der Waals surface area contributed by atoms with Gasteiger partial charge in [0.1, 0.15) is 0 Å². The summed E-state index contributed by atoms with van der Waals surface area (Å²) in [5.74, 6) is -0.978. The van der Waals surface area contributed by atoms with Gasteiger partial charge in [0.05, 0.1) is 5.69 Å². The third-order valence-corrected chi connectivity index (χ3v) is 4.42. The van der Waals surface area contributed by atoms with Crippen LogP contribution in [-0.4, -0.2) is 34.3 Å². The van der Waals surface area contributed by atoms with Crippen LogP contribution in [0, 0.1) is 5.41 Å². The van der Waals surface area contributed by atoms with Crippen molar-refractivity contribution in [3.8, 4) is 0 Å². The molecule has 1 aliphatic rings. The Morgan fingerprint density at radius 2 is 2.22 bits per heavy atom. The molecule has 1 heterocycles. The molecule has 100 valence electrons. The second-order valence-electron chi connectivity index (χ2n) is 4.92. The Kier molecular flexibility index (Phi) is 4.31. The summed E-state index contributed by atoms with van der Waals surface area (Å²) < 4.78 is 0. The zero-order valence-corrected chi connectivity index (χ0v) is 11.0. The van der Waals surface area contributed by atoms with Crippen LogP contribution in [0.15, 0.2) is 5.38 Å². The van der Waals surface area contributed by atoms with Gasteiger partial charge >= 0.3 is 5.97 Å². The van der Waals surface area contributed by atoms with E-state index in [4.69, 9.17) is 5.11 Å². The number of aliphatic hydroxyl groups is 1. The summed E-state index contributed by atoms with van der Waals surface area (Å²) in [6, 6.07) is 0. The molecule has 3 N–H and O–H groups in total. The Labute approximate surface area is 110 Å². The summed E-state index contributed by atoms with van der Waals surface area (Å²) >= 11 is 1.15. The summed E-state index contributed by atoms with van der Waals surface area (Å²) in [6.07, 6.45) is 4.49. The molecule has 0 unspecified atom stereocenters. The van der Waals surface area contributed by atoms with E-state index >= 15 is 0 Å². The van der Waals surface area contributed by atoms with Crippen molar-refractivity contribution in [2.24, 2.45) is 5.41 Å². The minimum Gasteiger partial charge on any atom is -0.476 e. The molecule has 0 amide bonds. The average Bonchev–Trinajstić information content (AvgIpc) is 2.98. The van der Waals surface area contributed by atoms with Gasteiger partial charge in [-0.3, -0.25) is 0 Å². The molecule has 0 spiro atoms. The van der Waals surface area contributed by atoms with E-state index in [0.717, 1.165) is 36.4 Å². The zero-order chi connectivity index (χ0) is 13.0. The first-order valence-electron chi connectivity index (χ1n) is 6.14. The molecule has 0 aliphatic heterocycles. The first-order chi connectivity index (χ1) is 8.65. The van der Waals surface area contributed by atoms with E-state index in [-0.39, 0.29) is 17.0 Å². The predicted molar refractivity (Wildman–Crippen MR) is 68.8 cm³/mol. The molecule has 6 heteroatoms. The van der Waals surface area contributed by atoms with Gasteiger partial charge in [-0.15, -0.1) is 11.3 Å². The van der Waals surface area contributed by atoms with Crippen LogP contribution in [0.4, 0.5) is 0 Å². The Morgan fingerprint density at radius 3 is 2.78 bits per heavy atom. The minimum atomic E-state index is -0.978. The lowest BCUT2D eigenvalue weighted by atomic mass is 9.87. The first-order valence-corrected chi connectivity index (χ1v) is 7.02. The van der Waals surface area contributed by atoms with E-state index in [1.54, 1.807) is 5.38 Å². The number of hydrogen-bond donors (Lipinski definition) is 3. The summed E-state index contributed by atoms with van der Waals surface area (Å²) in [5, 5.41) is 23.4. The van der Waals surface area contributed by atoms with Crippen LogP contribution in [0.5, 0.6) is 0 Å². The van der Waals surface area contributed by atoms with Crippen molar-refractivity contribution < 1.29 is 15.0 Å². The third kappa shape index (κ3) is 3.07. The lowest BCUT2D eigenvalue weighted by Gasteiger charge is -2.26. The van der Waals surface area contributed by atoms with Crippen molar-refractivity contribution in [3.63, 3.8) is 0 Å². The van der Waals surface area contributed by atoms with Crippen LogP contribution in [0.25, 0.3) is 0 Å². The Balaban J connectivity index is 1.82. The fraction of sp³-hybridized carbons (Fsp3) is 0.667. The third-order valence-electron chi connectivity index (χ3n) is 3.54. The van der Waals surface area contributed by atoms with Gasteiger partial charge in [-0.1, -0.05) is 12.8 Å². The quantitative estimate of drug-likeness (QED) is 0.729. The molecule has 0 aromatic carbocycles. The van der Waals surface area contributed by atoms with Crippen molar-refractivity contribution in [2.75, 3.05) is 13.2 Å². The average molecular weight is 270 g/mol. The maximum atomic E-state index is 10.7. The number of aromatic carboxylic acids is 1. The maximum Gasteiger partial charge on any atom is 0.365 e. The number of carboxylic acids is 1. The van der Waals surface area contributed by atoms with Crippen LogP contribution in [0.1, 0.15) is 41.2 Å². The molecule has 1 aliphatic carbocycles. The highest BCUT2D eigenvalue weighted by Gasteiger charge is 2.32.